The van der Waals surface area contributed by atoms with Gasteiger partial charge in [-0.05, 0) is 13.3 Å². The fourth-order valence-corrected chi connectivity index (χ4v) is 2.91. The van der Waals surface area contributed by atoms with Gasteiger partial charge in [-0.25, -0.2) is 0 Å². The minimum atomic E-state index is 0.0135. The Morgan fingerprint density at radius 2 is 2.17 bits per heavy atom. The van der Waals surface area contributed by atoms with Gasteiger partial charge < -0.3 is 14.7 Å². The molecule has 1 unspecified atom stereocenters. The van der Waals surface area contributed by atoms with Gasteiger partial charge in [0.1, 0.15) is 5.76 Å². The molecular weight excluding hydrogens is 230 g/mol. The zero-order valence-electron chi connectivity index (χ0n) is 11.3. The number of quaternary nitrogens is 1. The highest BCUT2D eigenvalue weighted by Crippen LogP contribution is 2.12. The Bertz CT molecular complexity index is 406. The SMILES string of the molecule is Cc1cc(NC(=O)C[NH+]2C[C@H](C)C[C@H](C)C2)no1. The monoisotopic (exact) mass is 252 g/mol. The third-order valence-corrected chi connectivity index (χ3v) is 3.39. The van der Waals surface area contributed by atoms with Crippen molar-refractivity contribution in [2.45, 2.75) is 27.2 Å². The van der Waals surface area contributed by atoms with Gasteiger partial charge in [0.05, 0.1) is 13.1 Å². The molecule has 0 bridgehead atoms. The molecule has 1 amide bonds. The predicted molar refractivity (Wildman–Crippen MR) is 68.4 cm³/mol. The molecule has 1 aliphatic rings. The Hall–Kier alpha value is -1.36. The van der Waals surface area contributed by atoms with E-state index in [0.29, 0.717) is 30.0 Å². The Kier molecular flexibility index (Phi) is 4.01. The molecule has 18 heavy (non-hydrogen) atoms. The summed E-state index contributed by atoms with van der Waals surface area (Å²) in [5, 5.41) is 6.54. The second-order valence-electron chi connectivity index (χ2n) is 5.65. The number of hydrogen-bond acceptors (Lipinski definition) is 3. The van der Waals surface area contributed by atoms with E-state index in [9.17, 15) is 4.79 Å². The third kappa shape index (κ3) is 3.57. The molecule has 0 aromatic carbocycles. The summed E-state index contributed by atoms with van der Waals surface area (Å²) in [6, 6.07) is 1.73. The van der Waals surface area contributed by atoms with Crippen LogP contribution in [0, 0.1) is 18.8 Å². The highest BCUT2D eigenvalue weighted by molar-refractivity contribution is 5.90. The molecule has 0 aliphatic carbocycles. The first-order valence-electron chi connectivity index (χ1n) is 6.59. The molecule has 0 spiro atoms. The number of piperidine rings is 1. The lowest BCUT2D eigenvalue weighted by Crippen LogP contribution is -3.15. The van der Waals surface area contributed by atoms with Gasteiger partial charge in [-0.2, -0.15) is 0 Å². The summed E-state index contributed by atoms with van der Waals surface area (Å²) < 4.78 is 4.92. The van der Waals surface area contributed by atoms with Gasteiger partial charge in [-0.15, -0.1) is 0 Å². The van der Waals surface area contributed by atoms with Crippen LogP contribution in [-0.2, 0) is 4.79 Å². The van der Waals surface area contributed by atoms with E-state index < -0.39 is 0 Å². The van der Waals surface area contributed by atoms with E-state index in [1.807, 2.05) is 6.92 Å². The number of nitrogens with one attached hydrogen (secondary N) is 2. The summed E-state index contributed by atoms with van der Waals surface area (Å²) in [5.74, 6) is 2.63. The largest absolute Gasteiger partial charge is 0.360 e. The minimum Gasteiger partial charge on any atom is -0.360 e. The zero-order valence-corrected chi connectivity index (χ0v) is 11.3. The molecule has 0 radical (unpaired) electrons. The number of amides is 1. The number of carbonyl (C=O) groups excluding carboxylic acids is 1. The second-order valence-corrected chi connectivity index (χ2v) is 5.65. The van der Waals surface area contributed by atoms with Gasteiger partial charge >= 0.3 is 0 Å². The van der Waals surface area contributed by atoms with Gasteiger partial charge in [0.15, 0.2) is 12.4 Å². The first kappa shape index (κ1) is 13.1. The molecule has 2 N–H and O–H groups in total. The predicted octanol–water partition coefficient (Wildman–Crippen LogP) is 0.482. The Balaban J connectivity index is 1.83. The van der Waals surface area contributed by atoms with E-state index in [1.54, 1.807) is 6.07 Å². The Morgan fingerprint density at radius 1 is 1.50 bits per heavy atom. The molecular formula is C13H22N3O2+. The summed E-state index contributed by atoms with van der Waals surface area (Å²) >= 11 is 0. The summed E-state index contributed by atoms with van der Waals surface area (Å²) in [7, 11) is 0. The first-order valence-corrected chi connectivity index (χ1v) is 6.59. The van der Waals surface area contributed by atoms with Crippen LogP contribution in [0.2, 0.25) is 0 Å². The maximum atomic E-state index is 11.9. The fourth-order valence-electron chi connectivity index (χ4n) is 2.91. The van der Waals surface area contributed by atoms with Crippen LogP contribution in [0.1, 0.15) is 26.0 Å². The van der Waals surface area contributed by atoms with Crippen molar-refractivity contribution in [1.82, 2.24) is 5.16 Å². The number of carbonyl (C=O) groups is 1. The molecule has 1 saturated heterocycles. The number of anilines is 1. The second kappa shape index (κ2) is 5.52. The Morgan fingerprint density at radius 3 is 2.72 bits per heavy atom. The highest BCUT2D eigenvalue weighted by atomic mass is 16.5. The lowest BCUT2D eigenvalue weighted by molar-refractivity contribution is -0.904. The minimum absolute atomic E-state index is 0.0135. The number of nitrogens with zero attached hydrogens (tertiary/aromatic N) is 1. The van der Waals surface area contributed by atoms with E-state index in [2.05, 4.69) is 24.3 Å². The molecule has 0 saturated carbocycles. The smallest absolute Gasteiger partial charge is 0.280 e. The average Bonchev–Trinajstić information content (AvgIpc) is 2.61. The third-order valence-electron chi connectivity index (χ3n) is 3.39. The maximum Gasteiger partial charge on any atom is 0.280 e. The summed E-state index contributed by atoms with van der Waals surface area (Å²) in [6.07, 6.45) is 1.27. The van der Waals surface area contributed by atoms with Crippen molar-refractivity contribution in [2.24, 2.45) is 11.8 Å². The fraction of sp³-hybridized carbons (Fsp3) is 0.692. The lowest BCUT2D eigenvalue weighted by atomic mass is 9.92. The number of likely N-dealkylation sites (tertiary alicyclic amines) is 1. The molecule has 3 atom stereocenters. The first-order chi connectivity index (χ1) is 8.52. The van der Waals surface area contributed by atoms with Crippen LogP contribution in [0.25, 0.3) is 0 Å². The molecule has 1 fully saturated rings. The van der Waals surface area contributed by atoms with E-state index in [1.165, 1.54) is 11.3 Å². The summed E-state index contributed by atoms with van der Waals surface area (Å²) in [4.78, 5) is 13.2. The van der Waals surface area contributed by atoms with Crippen LogP contribution >= 0.6 is 0 Å². The molecule has 2 heterocycles. The van der Waals surface area contributed by atoms with E-state index in [4.69, 9.17) is 4.52 Å². The van der Waals surface area contributed by atoms with Gasteiger partial charge in [0.25, 0.3) is 5.91 Å². The van der Waals surface area contributed by atoms with Crippen LogP contribution in [0.4, 0.5) is 5.82 Å². The zero-order chi connectivity index (χ0) is 13.1. The van der Waals surface area contributed by atoms with E-state index >= 15 is 0 Å². The van der Waals surface area contributed by atoms with Crippen molar-refractivity contribution >= 4 is 11.7 Å². The standard InChI is InChI=1S/C13H21N3O2/c1-9-4-10(2)7-16(6-9)8-13(17)14-12-5-11(3)18-15-12/h5,9-10H,4,6-8H2,1-3H3,(H,14,15,17)/p+1/t9-,10+. The normalized spacial score (nSPS) is 28.1. The Labute approximate surface area is 108 Å². The van der Waals surface area contributed by atoms with Gasteiger partial charge in [-0.1, -0.05) is 19.0 Å². The molecule has 5 nitrogen and oxygen atoms in total. The van der Waals surface area contributed by atoms with Crippen molar-refractivity contribution in [2.75, 3.05) is 25.0 Å². The number of hydrogen-bond donors (Lipinski definition) is 2. The molecule has 1 aromatic heterocycles. The van der Waals surface area contributed by atoms with Crippen molar-refractivity contribution < 1.29 is 14.2 Å². The van der Waals surface area contributed by atoms with E-state index in [0.717, 1.165) is 13.1 Å². The van der Waals surface area contributed by atoms with Gasteiger partial charge in [0.2, 0.25) is 0 Å². The maximum absolute atomic E-state index is 11.9. The summed E-state index contributed by atoms with van der Waals surface area (Å²) in [6.45, 7) is 9.00. The molecule has 1 aromatic rings. The van der Waals surface area contributed by atoms with Gasteiger partial charge in [-0.3, -0.25) is 4.79 Å². The average molecular weight is 252 g/mol. The summed E-state index contributed by atoms with van der Waals surface area (Å²) in [5.41, 5.74) is 0. The van der Waals surface area contributed by atoms with Crippen molar-refractivity contribution in [3.8, 4) is 0 Å². The molecule has 1 aliphatic heterocycles. The number of rotatable bonds is 3. The van der Waals surface area contributed by atoms with Crippen molar-refractivity contribution in [3.63, 3.8) is 0 Å². The van der Waals surface area contributed by atoms with Crippen molar-refractivity contribution in [1.29, 1.82) is 0 Å². The van der Waals surface area contributed by atoms with Crippen LogP contribution in [0.5, 0.6) is 0 Å². The van der Waals surface area contributed by atoms with E-state index in [-0.39, 0.29) is 5.91 Å². The van der Waals surface area contributed by atoms with Crippen LogP contribution in [0.3, 0.4) is 0 Å². The van der Waals surface area contributed by atoms with Crippen LogP contribution in [0.15, 0.2) is 10.6 Å². The molecule has 2 rings (SSSR count). The number of aryl methyl sites for hydroxylation is 1. The quantitative estimate of drug-likeness (QED) is 0.822. The topological polar surface area (TPSA) is 59.6 Å². The highest BCUT2D eigenvalue weighted by Gasteiger charge is 2.26. The van der Waals surface area contributed by atoms with Crippen LogP contribution < -0.4 is 10.2 Å². The lowest BCUT2D eigenvalue weighted by Gasteiger charge is -2.31. The van der Waals surface area contributed by atoms with Gasteiger partial charge in [0, 0.05) is 17.9 Å². The van der Waals surface area contributed by atoms with Crippen LogP contribution in [-0.4, -0.2) is 30.7 Å². The number of aromatic nitrogens is 1. The van der Waals surface area contributed by atoms with Crippen molar-refractivity contribution in [3.05, 3.63) is 11.8 Å². The molecule has 100 valence electrons. The molecule has 5 heteroatoms.